The quantitative estimate of drug-likeness (QED) is 0.691. The van der Waals surface area contributed by atoms with Gasteiger partial charge >= 0.3 is 0 Å². The SMILES string of the molecule is C=C(C)CCCC(O)CCc1ccccc1. The molecular weight excluding hydrogens is 196 g/mol. The molecule has 0 saturated carbocycles. The fourth-order valence-corrected chi connectivity index (χ4v) is 1.76. The van der Waals surface area contributed by atoms with Crippen LogP contribution in [0.4, 0.5) is 0 Å². The van der Waals surface area contributed by atoms with E-state index in [1.807, 2.05) is 25.1 Å². The number of benzene rings is 1. The van der Waals surface area contributed by atoms with Gasteiger partial charge in [-0.3, -0.25) is 0 Å². The van der Waals surface area contributed by atoms with E-state index in [0.29, 0.717) is 0 Å². The van der Waals surface area contributed by atoms with Crippen molar-refractivity contribution in [1.82, 2.24) is 0 Å². The third kappa shape index (κ3) is 5.72. The molecule has 1 N–H and O–H groups in total. The Bertz CT molecular complexity index is 302. The van der Waals surface area contributed by atoms with Crippen molar-refractivity contribution < 1.29 is 5.11 Å². The number of hydrogen-bond donors (Lipinski definition) is 1. The second kappa shape index (κ2) is 7.24. The van der Waals surface area contributed by atoms with Crippen LogP contribution in [0.2, 0.25) is 0 Å². The second-order valence-electron chi connectivity index (χ2n) is 4.53. The molecule has 0 heterocycles. The number of aryl methyl sites for hydroxylation is 1. The Morgan fingerprint density at radius 3 is 2.56 bits per heavy atom. The van der Waals surface area contributed by atoms with Gasteiger partial charge in [-0.05, 0) is 44.6 Å². The summed E-state index contributed by atoms with van der Waals surface area (Å²) in [5.74, 6) is 0. The zero-order chi connectivity index (χ0) is 11.8. The number of aliphatic hydroxyl groups excluding tert-OH is 1. The zero-order valence-corrected chi connectivity index (χ0v) is 10.2. The summed E-state index contributed by atoms with van der Waals surface area (Å²) in [5.41, 5.74) is 2.51. The highest BCUT2D eigenvalue weighted by Gasteiger charge is 2.04. The highest BCUT2D eigenvalue weighted by atomic mass is 16.3. The van der Waals surface area contributed by atoms with Gasteiger partial charge < -0.3 is 5.11 Å². The lowest BCUT2D eigenvalue weighted by Gasteiger charge is -2.10. The number of aliphatic hydroxyl groups is 1. The molecule has 1 unspecified atom stereocenters. The maximum Gasteiger partial charge on any atom is 0.0543 e. The Balaban J connectivity index is 2.15. The van der Waals surface area contributed by atoms with Crippen molar-refractivity contribution in [2.24, 2.45) is 0 Å². The molecule has 1 rings (SSSR count). The maximum atomic E-state index is 9.79. The van der Waals surface area contributed by atoms with Gasteiger partial charge in [0, 0.05) is 0 Å². The Labute approximate surface area is 98.8 Å². The van der Waals surface area contributed by atoms with Gasteiger partial charge in [0.15, 0.2) is 0 Å². The van der Waals surface area contributed by atoms with Gasteiger partial charge in [0.05, 0.1) is 6.10 Å². The Kier molecular flexibility index (Phi) is 5.87. The fraction of sp³-hybridized carbons (Fsp3) is 0.467. The van der Waals surface area contributed by atoms with Gasteiger partial charge in [-0.1, -0.05) is 35.9 Å². The van der Waals surface area contributed by atoms with Gasteiger partial charge in [0.2, 0.25) is 0 Å². The molecule has 88 valence electrons. The minimum atomic E-state index is -0.167. The van der Waals surface area contributed by atoms with E-state index in [1.54, 1.807) is 0 Å². The summed E-state index contributed by atoms with van der Waals surface area (Å²) in [7, 11) is 0. The fourth-order valence-electron chi connectivity index (χ4n) is 1.76. The number of allylic oxidation sites excluding steroid dienone is 1. The minimum absolute atomic E-state index is 0.167. The van der Waals surface area contributed by atoms with E-state index in [9.17, 15) is 5.11 Å². The number of rotatable bonds is 7. The summed E-state index contributed by atoms with van der Waals surface area (Å²) >= 11 is 0. The molecule has 0 aliphatic rings. The van der Waals surface area contributed by atoms with Crippen molar-refractivity contribution in [3.63, 3.8) is 0 Å². The monoisotopic (exact) mass is 218 g/mol. The highest BCUT2D eigenvalue weighted by Crippen LogP contribution is 2.11. The molecule has 0 aromatic heterocycles. The van der Waals surface area contributed by atoms with Gasteiger partial charge in [-0.2, -0.15) is 0 Å². The van der Waals surface area contributed by atoms with Crippen molar-refractivity contribution in [2.75, 3.05) is 0 Å². The van der Waals surface area contributed by atoms with Crippen molar-refractivity contribution in [3.05, 3.63) is 48.0 Å². The summed E-state index contributed by atoms with van der Waals surface area (Å²) < 4.78 is 0. The van der Waals surface area contributed by atoms with Crippen LogP contribution in [-0.4, -0.2) is 11.2 Å². The van der Waals surface area contributed by atoms with Crippen LogP contribution in [0.15, 0.2) is 42.5 Å². The lowest BCUT2D eigenvalue weighted by atomic mass is 10.0. The molecule has 0 radical (unpaired) electrons. The normalized spacial score (nSPS) is 12.4. The lowest BCUT2D eigenvalue weighted by Crippen LogP contribution is -2.07. The molecule has 0 aliphatic carbocycles. The van der Waals surface area contributed by atoms with E-state index < -0.39 is 0 Å². The zero-order valence-electron chi connectivity index (χ0n) is 10.2. The van der Waals surface area contributed by atoms with Crippen LogP contribution < -0.4 is 0 Å². The van der Waals surface area contributed by atoms with Crippen molar-refractivity contribution in [2.45, 2.75) is 45.1 Å². The lowest BCUT2D eigenvalue weighted by molar-refractivity contribution is 0.152. The molecular formula is C15H22O. The predicted octanol–water partition coefficient (Wildman–Crippen LogP) is 3.73. The van der Waals surface area contributed by atoms with E-state index in [0.717, 1.165) is 32.1 Å². The first kappa shape index (κ1) is 13.0. The van der Waals surface area contributed by atoms with Gasteiger partial charge in [-0.15, -0.1) is 6.58 Å². The standard InChI is InChI=1S/C15H22O/c1-13(2)7-6-10-15(16)12-11-14-8-4-3-5-9-14/h3-5,8-9,15-16H,1,6-7,10-12H2,2H3. The molecule has 1 aromatic carbocycles. The molecule has 1 heteroatoms. The summed E-state index contributed by atoms with van der Waals surface area (Å²) in [6, 6.07) is 10.3. The van der Waals surface area contributed by atoms with E-state index in [4.69, 9.17) is 0 Å². The molecule has 0 spiro atoms. The van der Waals surface area contributed by atoms with E-state index in [1.165, 1.54) is 11.1 Å². The molecule has 1 aromatic rings. The minimum Gasteiger partial charge on any atom is -0.393 e. The van der Waals surface area contributed by atoms with Crippen LogP contribution in [0.25, 0.3) is 0 Å². The third-order valence-electron chi connectivity index (χ3n) is 2.75. The molecule has 0 amide bonds. The average Bonchev–Trinajstić information content (AvgIpc) is 2.27. The van der Waals surface area contributed by atoms with Gasteiger partial charge in [0.25, 0.3) is 0 Å². The number of hydrogen-bond acceptors (Lipinski definition) is 1. The molecule has 1 nitrogen and oxygen atoms in total. The second-order valence-corrected chi connectivity index (χ2v) is 4.53. The first-order valence-corrected chi connectivity index (χ1v) is 6.05. The summed E-state index contributed by atoms with van der Waals surface area (Å²) in [4.78, 5) is 0. The Hall–Kier alpha value is -1.08. The molecule has 0 fully saturated rings. The van der Waals surface area contributed by atoms with Crippen LogP contribution in [0.3, 0.4) is 0 Å². The van der Waals surface area contributed by atoms with E-state index in [-0.39, 0.29) is 6.10 Å². The first-order chi connectivity index (χ1) is 7.68. The molecule has 1 atom stereocenters. The predicted molar refractivity (Wildman–Crippen MR) is 69.4 cm³/mol. The summed E-state index contributed by atoms with van der Waals surface area (Å²) in [5, 5.41) is 9.79. The summed E-state index contributed by atoms with van der Waals surface area (Å²) in [6.45, 7) is 5.90. The van der Waals surface area contributed by atoms with Gasteiger partial charge in [-0.25, -0.2) is 0 Å². The summed E-state index contributed by atoms with van der Waals surface area (Å²) in [6.07, 6.45) is 4.63. The van der Waals surface area contributed by atoms with Crippen molar-refractivity contribution in [1.29, 1.82) is 0 Å². The Morgan fingerprint density at radius 1 is 1.25 bits per heavy atom. The largest absolute Gasteiger partial charge is 0.393 e. The molecule has 0 aliphatic heterocycles. The maximum absolute atomic E-state index is 9.79. The van der Waals surface area contributed by atoms with Crippen LogP contribution in [0.1, 0.15) is 38.2 Å². The molecule has 0 bridgehead atoms. The first-order valence-electron chi connectivity index (χ1n) is 6.05. The van der Waals surface area contributed by atoms with E-state index >= 15 is 0 Å². The van der Waals surface area contributed by atoms with E-state index in [2.05, 4.69) is 18.7 Å². The van der Waals surface area contributed by atoms with Crippen LogP contribution in [-0.2, 0) is 6.42 Å². The third-order valence-corrected chi connectivity index (χ3v) is 2.75. The average molecular weight is 218 g/mol. The van der Waals surface area contributed by atoms with Crippen molar-refractivity contribution >= 4 is 0 Å². The molecule has 16 heavy (non-hydrogen) atoms. The Morgan fingerprint density at radius 2 is 1.94 bits per heavy atom. The van der Waals surface area contributed by atoms with Crippen LogP contribution in [0.5, 0.6) is 0 Å². The van der Waals surface area contributed by atoms with Crippen molar-refractivity contribution in [3.8, 4) is 0 Å². The van der Waals surface area contributed by atoms with Crippen LogP contribution >= 0.6 is 0 Å². The smallest absolute Gasteiger partial charge is 0.0543 e. The molecule has 0 saturated heterocycles. The topological polar surface area (TPSA) is 20.2 Å². The van der Waals surface area contributed by atoms with Gasteiger partial charge in [0.1, 0.15) is 0 Å². The highest BCUT2D eigenvalue weighted by molar-refractivity contribution is 5.14. The van der Waals surface area contributed by atoms with Crippen LogP contribution in [0, 0.1) is 0 Å².